The SMILES string of the molecule is CCc1ccc(N(/N=C/c2ccc(C)cc2)c2ccc(CC)c3ccccc23)cc1. The zero-order valence-electron chi connectivity index (χ0n) is 18.0. The van der Waals surface area contributed by atoms with E-state index in [1.54, 1.807) is 0 Å². The zero-order valence-corrected chi connectivity index (χ0v) is 18.0. The van der Waals surface area contributed by atoms with Crippen molar-refractivity contribution in [1.29, 1.82) is 0 Å². The molecule has 0 fully saturated rings. The molecule has 0 amide bonds. The predicted molar refractivity (Wildman–Crippen MR) is 130 cm³/mol. The quantitative estimate of drug-likeness (QED) is 0.246. The van der Waals surface area contributed by atoms with Crippen LogP contribution in [0, 0.1) is 6.92 Å². The lowest BCUT2D eigenvalue weighted by molar-refractivity contribution is 1.08. The van der Waals surface area contributed by atoms with E-state index in [0.29, 0.717) is 0 Å². The van der Waals surface area contributed by atoms with Crippen LogP contribution in [0.4, 0.5) is 11.4 Å². The first-order chi connectivity index (χ1) is 14.7. The number of nitrogens with zero attached hydrogens (tertiary/aromatic N) is 2. The first kappa shape index (κ1) is 19.9. The Bertz CT molecular complexity index is 1160. The van der Waals surface area contributed by atoms with Gasteiger partial charge in [-0.25, -0.2) is 5.01 Å². The molecule has 0 unspecified atom stereocenters. The normalized spacial score (nSPS) is 11.3. The van der Waals surface area contributed by atoms with Crippen molar-refractivity contribution in [2.75, 3.05) is 5.01 Å². The largest absolute Gasteiger partial charge is 0.233 e. The van der Waals surface area contributed by atoms with Gasteiger partial charge in [0.05, 0.1) is 17.6 Å². The average molecular weight is 393 g/mol. The summed E-state index contributed by atoms with van der Waals surface area (Å²) < 4.78 is 0. The molecule has 4 rings (SSSR count). The van der Waals surface area contributed by atoms with E-state index in [9.17, 15) is 0 Å². The Morgan fingerprint density at radius 1 is 0.733 bits per heavy atom. The molecule has 0 atom stereocenters. The second kappa shape index (κ2) is 8.96. The second-order valence-corrected chi connectivity index (χ2v) is 7.63. The van der Waals surface area contributed by atoms with Gasteiger partial charge in [0.25, 0.3) is 0 Å². The molecule has 4 aromatic carbocycles. The maximum atomic E-state index is 4.93. The number of hydrazone groups is 1. The van der Waals surface area contributed by atoms with Crippen molar-refractivity contribution >= 4 is 28.4 Å². The van der Waals surface area contributed by atoms with Gasteiger partial charge in [-0.05, 0) is 60.0 Å². The van der Waals surface area contributed by atoms with Crippen molar-refractivity contribution < 1.29 is 0 Å². The van der Waals surface area contributed by atoms with Crippen LogP contribution in [0.2, 0.25) is 0 Å². The number of hydrogen-bond acceptors (Lipinski definition) is 2. The molecule has 0 aliphatic heterocycles. The summed E-state index contributed by atoms with van der Waals surface area (Å²) in [4.78, 5) is 0. The predicted octanol–water partition coefficient (Wildman–Crippen LogP) is 7.45. The van der Waals surface area contributed by atoms with Crippen molar-refractivity contribution in [3.05, 3.63) is 107 Å². The Kier molecular flexibility index (Phi) is 5.94. The molecule has 30 heavy (non-hydrogen) atoms. The Balaban J connectivity index is 1.84. The smallest absolute Gasteiger partial charge is 0.0731 e. The Labute approximate surface area is 179 Å². The lowest BCUT2D eigenvalue weighted by atomic mass is 10.0. The molecule has 2 heteroatoms. The summed E-state index contributed by atoms with van der Waals surface area (Å²) in [6.45, 7) is 6.49. The first-order valence-electron chi connectivity index (χ1n) is 10.7. The van der Waals surface area contributed by atoms with Crippen LogP contribution in [0.1, 0.15) is 36.1 Å². The molecule has 150 valence electrons. The summed E-state index contributed by atoms with van der Waals surface area (Å²) in [5.74, 6) is 0. The monoisotopic (exact) mass is 392 g/mol. The molecule has 2 nitrogen and oxygen atoms in total. The molecular weight excluding hydrogens is 364 g/mol. The third kappa shape index (κ3) is 4.13. The number of aryl methyl sites for hydroxylation is 3. The summed E-state index contributed by atoms with van der Waals surface area (Å²) in [6, 6.07) is 30.2. The van der Waals surface area contributed by atoms with E-state index in [1.165, 1.54) is 27.5 Å². The van der Waals surface area contributed by atoms with E-state index in [-0.39, 0.29) is 0 Å². The molecule has 0 saturated heterocycles. The van der Waals surface area contributed by atoms with Gasteiger partial charge >= 0.3 is 0 Å². The van der Waals surface area contributed by atoms with E-state index in [0.717, 1.165) is 29.8 Å². The van der Waals surface area contributed by atoms with Gasteiger partial charge in [-0.3, -0.25) is 0 Å². The molecule has 0 bridgehead atoms. The summed E-state index contributed by atoms with van der Waals surface area (Å²) in [5, 5.41) is 9.50. The average Bonchev–Trinajstić information content (AvgIpc) is 2.80. The molecule has 0 saturated carbocycles. The number of hydrogen-bond donors (Lipinski definition) is 0. The van der Waals surface area contributed by atoms with E-state index < -0.39 is 0 Å². The van der Waals surface area contributed by atoms with E-state index in [2.05, 4.69) is 111 Å². The van der Waals surface area contributed by atoms with Gasteiger partial charge in [0.15, 0.2) is 0 Å². The van der Waals surface area contributed by atoms with Gasteiger partial charge in [-0.1, -0.05) is 86.1 Å². The zero-order chi connectivity index (χ0) is 20.9. The maximum Gasteiger partial charge on any atom is 0.0731 e. The van der Waals surface area contributed by atoms with E-state index in [4.69, 9.17) is 5.10 Å². The maximum absolute atomic E-state index is 4.93. The van der Waals surface area contributed by atoms with Gasteiger partial charge in [0.1, 0.15) is 0 Å². The van der Waals surface area contributed by atoms with Crippen LogP contribution < -0.4 is 5.01 Å². The molecule has 0 heterocycles. The van der Waals surface area contributed by atoms with Crippen LogP contribution in [-0.2, 0) is 12.8 Å². The highest BCUT2D eigenvalue weighted by Crippen LogP contribution is 2.34. The van der Waals surface area contributed by atoms with Gasteiger partial charge in [0, 0.05) is 5.39 Å². The first-order valence-corrected chi connectivity index (χ1v) is 10.7. The minimum Gasteiger partial charge on any atom is -0.233 e. The number of fused-ring (bicyclic) bond motifs is 1. The van der Waals surface area contributed by atoms with E-state index >= 15 is 0 Å². The fourth-order valence-electron chi connectivity index (χ4n) is 3.76. The van der Waals surface area contributed by atoms with Crippen LogP contribution in [0.5, 0.6) is 0 Å². The Morgan fingerprint density at radius 3 is 2.10 bits per heavy atom. The van der Waals surface area contributed by atoms with Gasteiger partial charge in [0.2, 0.25) is 0 Å². The summed E-state index contributed by atoms with van der Waals surface area (Å²) in [6.07, 6.45) is 3.98. The minimum atomic E-state index is 1.01. The highest BCUT2D eigenvalue weighted by atomic mass is 15.5. The molecule has 0 aliphatic carbocycles. The standard InChI is InChI=1S/C28H28N2/c1-4-22-14-17-25(18-15-22)30(29-20-23-12-10-21(3)11-13-23)28-19-16-24(5-2)26-8-6-7-9-27(26)28/h6-20H,4-5H2,1-3H3/b29-20+. The van der Waals surface area contributed by atoms with Crippen molar-refractivity contribution in [2.24, 2.45) is 5.10 Å². The van der Waals surface area contributed by atoms with Crippen molar-refractivity contribution in [3.8, 4) is 0 Å². The van der Waals surface area contributed by atoms with Crippen molar-refractivity contribution in [3.63, 3.8) is 0 Å². The van der Waals surface area contributed by atoms with Crippen molar-refractivity contribution in [2.45, 2.75) is 33.6 Å². The molecule has 0 aliphatic rings. The second-order valence-electron chi connectivity index (χ2n) is 7.63. The Hall–Kier alpha value is -3.39. The van der Waals surface area contributed by atoms with Crippen molar-refractivity contribution in [1.82, 2.24) is 0 Å². The fourth-order valence-corrected chi connectivity index (χ4v) is 3.76. The van der Waals surface area contributed by atoms with E-state index in [1.807, 2.05) is 6.21 Å². The van der Waals surface area contributed by atoms with Gasteiger partial charge in [-0.15, -0.1) is 0 Å². The molecule has 0 spiro atoms. The minimum absolute atomic E-state index is 1.01. The third-order valence-corrected chi connectivity index (χ3v) is 5.59. The third-order valence-electron chi connectivity index (χ3n) is 5.59. The molecule has 0 N–H and O–H groups in total. The highest BCUT2D eigenvalue weighted by molar-refractivity contribution is 5.98. The van der Waals surface area contributed by atoms with Crippen LogP contribution in [0.3, 0.4) is 0 Å². The highest BCUT2D eigenvalue weighted by Gasteiger charge is 2.13. The number of anilines is 2. The molecule has 0 radical (unpaired) electrons. The van der Waals surface area contributed by atoms with Gasteiger partial charge in [-0.2, -0.15) is 5.10 Å². The molecule has 0 aromatic heterocycles. The molecular formula is C28H28N2. The lowest BCUT2D eigenvalue weighted by Gasteiger charge is -2.22. The summed E-state index contributed by atoms with van der Waals surface area (Å²) in [5.41, 5.74) is 7.18. The Morgan fingerprint density at radius 2 is 1.43 bits per heavy atom. The number of rotatable bonds is 6. The number of benzene rings is 4. The molecule has 4 aromatic rings. The summed E-state index contributed by atoms with van der Waals surface area (Å²) >= 11 is 0. The van der Waals surface area contributed by atoms with Crippen LogP contribution in [0.25, 0.3) is 10.8 Å². The van der Waals surface area contributed by atoms with Crippen LogP contribution >= 0.6 is 0 Å². The van der Waals surface area contributed by atoms with Crippen LogP contribution in [-0.4, -0.2) is 6.21 Å². The van der Waals surface area contributed by atoms with Crippen LogP contribution in [0.15, 0.2) is 90.0 Å². The lowest BCUT2D eigenvalue weighted by Crippen LogP contribution is -2.10. The fraction of sp³-hybridized carbons (Fsp3) is 0.179. The topological polar surface area (TPSA) is 15.6 Å². The summed E-state index contributed by atoms with van der Waals surface area (Å²) in [7, 11) is 0. The van der Waals surface area contributed by atoms with Gasteiger partial charge < -0.3 is 0 Å².